The highest BCUT2D eigenvalue weighted by atomic mass is 127. The minimum Gasteiger partial charge on any atom is -0.484 e. The van der Waals surface area contributed by atoms with Crippen LogP contribution in [0.1, 0.15) is 13.3 Å². The summed E-state index contributed by atoms with van der Waals surface area (Å²) in [6, 6.07) is 7.24. The number of carbonyl (C=O) groups is 1. The summed E-state index contributed by atoms with van der Waals surface area (Å²) < 4.78 is 29.6. The van der Waals surface area contributed by atoms with Gasteiger partial charge in [-0.05, 0) is 54.1 Å². The van der Waals surface area contributed by atoms with Gasteiger partial charge in [-0.2, -0.15) is 0 Å². The highest BCUT2D eigenvalue weighted by Crippen LogP contribution is 2.19. The van der Waals surface area contributed by atoms with Crippen LogP contribution >= 0.6 is 22.6 Å². The van der Waals surface area contributed by atoms with Crippen molar-refractivity contribution in [1.29, 1.82) is 0 Å². The van der Waals surface area contributed by atoms with Crippen LogP contribution in [0, 0.1) is 3.57 Å². The fourth-order valence-corrected chi connectivity index (χ4v) is 4.69. The van der Waals surface area contributed by atoms with E-state index < -0.39 is 9.84 Å². The molecule has 1 atom stereocenters. The highest BCUT2D eigenvalue weighted by molar-refractivity contribution is 14.1. The first-order valence-electron chi connectivity index (χ1n) is 6.79. The van der Waals surface area contributed by atoms with E-state index in [2.05, 4.69) is 22.6 Å². The summed E-state index contributed by atoms with van der Waals surface area (Å²) in [6.07, 6.45) is 0.519. The van der Waals surface area contributed by atoms with E-state index in [0.29, 0.717) is 18.7 Å². The zero-order chi connectivity index (χ0) is 15.5. The van der Waals surface area contributed by atoms with E-state index in [0.717, 1.165) is 3.57 Å². The molecule has 1 saturated heterocycles. The number of rotatable bonds is 5. The second-order valence-electron chi connectivity index (χ2n) is 4.98. The van der Waals surface area contributed by atoms with E-state index in [-0.39, 0.29) is 30.1 Å². The average molecular weight is 423 g/mol. The first-order valence-corrected chi connectivity index (χ1v) is 9.69. The van der Waals surface area contributed by atoms with Gasteiger partial charge in [-0.3, -0.25) is 4.79 Å². The van der Waals surface area contributed by atoms with Gasteiger partial charge >= 0.3 is 0 Å². The number of hydrogen-bond donors (Lipinski definition) is 0. The second-order valence-corrected chi connectivity index (χ2v) is 8.46. The van der Waals surface area contributed by atoms with Crippen LogP contribution in [0.15, 0.2) is 24.3 Å². The minimum atomic E-state index is -2.99. The molecule has 0 aliphatic carbocycles. The van der Waals surface area contributed by atoms with Crippen LogP contribution in [0.3, 0.4) is 0 Å². The molecule has 1 fully saturated rings. The van der Waals surface area contributed by atoms with E-state index >= 15 is 0 Å². The molecule has 1 aliphatic heterocycles. The van der Waals surface area contributed by atoms with E-state index in [1.807, 2.05) is 25.1 Å². The predicted molar refractivity (Wildman–Crippen MR) is 89.1 cm³/mol. The Balaban J connectivity index is 1.95. The van der Waals surface area contributed by atoms with Gasteiger partial charge in [0.25, 0.3) is 5.91 Å². The lowest BCUT2D eigenvalue weighted by Crippen LogP contribution is -2.43. The Morgan fingerprint density at radius 2 is 2.24 bits per heavy atom. The number of carbonyl (C=O) groups excluding carboxylic acids is 1. The summed E-state index contributed by atoms with van der Waals surface area (Å²) in [4.78, 5) is 13.8. The monoisotopic (exact) mass is 423 g/mol. The number of halogens is 1. The Labute approximate surface area is 138 Å². The summed E-state index contributed by atoms with van der Waals surface area (Å²) in [6.45, 7) is 2.29. The lowest BCUT2D eigenvalue weighted by molar-refractivity contribution is -0.135. The molecule has 0 radical (unpaired) electrons. The number of sulfone groups is 1. The van der Waals surface area contributed by atoms with Gasteiger partial charge in [0.05, 0.1) is 11.5 Å². The molecule has 2 rings (SSSR count). The van der Waals surface area contributed by atoms with E-state index in [1.54, 1.807) is 11.0 Å². The Morgan fingerprint density at radius 1 is 1.48 bits per heavy atom. The molecule has 116 valence electrons. The summed E-state index contributed by atoms with van der Waals surface area (Å²) in [5, 5.41) is 0. The Kier molecular flexibility index (Phi) is 5.48. The van der Waals surface area contributed by atoms with E-state index in [9.17, 15) is 13.2 Å². The molecule has 0 saturated carbocycles. The number of likely N-dealkylation sites (N-methyl/N-ethyl adjacent to an activating group) is 1. The zero-order valence-corrected chi connectivity index (χ0v) is 14.8. The van der Waals surface area contributed by atoms with Crippen molar-refractivity contribution in [2.75, 3.05) is 24.7 Å². The van der Waals surface area contributed by atoms with Crippen LogP contribution in [0.4, 0.5) is 0 Å². The van der Waals surface area contributed by atoms with Crippen LogP contribution < -0.4 is 4.74 Å². The third-order valence-electron chi connectivity index (χ3n) is 3.47. The molecule has 1 heterocycles. The normalized spacial score (nSPS) is 20.2. The van der Waals surface area contributed by atoms with Gasteiger partial charge in [0.2, 0.25) is 0 Å². The van der Waals surface area contributed by atoms with Crippen LogP contribution in [0.25, 0.3) is 0 Å². The molecular weight excluding hydrogens is 405 g/mol. The van der Waals surface area contributed by atoms with Gasteiger partial charge in [0, 0.05) is 16.2 Å². The molecule has 0 N–H and O–H groups in total. The van der Waals surface area contributed by atoms with Gasteiger partial charge in [0.15, 0.2) is 16.4 Å². The Hall–Kier alpha value is -0.830. The predicted octanol–water partition coefficient (Wildman–Crippen LogP) is 1.71. The first-order chi connectivity index (χ1) is 9.91. The maximum absolute atomic E-state index is 12.2. The van der Waals surface area contributed by atoms with Crippen molar-refractivity contribution in [1.82, 2.24) is 4.90 Å². The second kappa shape index (κ2) is 6.95. The number of benzene rings is 1. The van der Waals surface area contributed by atoms with Gasteiger partial charge in [-0.25, -0.2) is 8.42 Å². The van der Waals surface area contributed by atoms with Crippen LogP contribution in [-0.2, 0) is 14.6 Å². The third kappa shape index (κ3) is 4.57. The number of hydrogen-bond acceptors (Lipinski definition) is 4. The van der Waals surface area contributed by atoms with Crippen LogP contribution in [0.5, 0.6) is 5.75 Å². The maximum Gasteiger partial charge on any atom is 0.260 e. The van der Waals surface area contributed by atoms with Gasteiger partial charge in [-0.15, -0.1) is 0 Å². The maximum atomic E-state index is 12.2. The highest BCUT2D eigenvalue weighted by Gasteiger charge is 2.33. The Bertz CT molecular complexity index is 617. The summed E-state index contributed by atoms with van der Waals surface area (Å²) in [5.41, 5.74) is 0. The summed E-state index contributed by atoms with van der Waals surface area (Å²) in [5.74, 6) is 0.707. The molecule has 7 heteroatoms. The molecule has 0 aromatic heterocycles. The minimum absolute atomic E-state index is 0.0650. The summed E-state index contributed by atoms with van der Waals surface area (Å²) in [7, 11) is -2.99. The van der Waals surface area contributed by atoms with Gasteiger partial charge < -0.3 is 9.64 Å². The lowest BCUT2D eigenvalue weighted by atomic mass is 10.2. The van der Waals surface area contributed by atoms with Crippen molar-refractivity contribution in [2.45, 2.75) is 19.4 Å². The van der Waals surface area contributed by atoms with Gasteiger partial charge in [-0.1, -0.05) is 6.07 Å². The molecule has 5 nitrogen and oxygen atoms in total. The number of nitrogens with zero attached hydrogens (tertiary/aromatic N) is 1. The number of amides is 1. The molecule has 1 amide bonds. The lowest BCUT2D eigenvalue weighted by Gasteiger charge is -2.26. The summed E-state index contributed by atoms with van der Waals surface area (Å²) >= 11 is 2.18. The zero-order valence-electron chi connectivity index (χ0n) is 11.8. The molecular formula is C14H18INO4S. The largest absolute Gasteiger partial charge is 0.484 e. The van der Waals surface area contributed by atoms with Crippen molar-refractivity contribution in [3.63, 3.8) is 0 Å². The first kappa shape index (κ1) is 16.5. The van der Waals surface area contributed by atoms with E-state index in [4.69, 9.17) is 4.74 Å². The SMILES string of the molecule is CCN(C(=O)COc1cccc(I)c1)C1CCS(=O)(=O)C1. The fourth-order valence-electron chi connectivity index (χ4n) is 2.44. The molecule has 21 heavy (non-hydrogen) atoms. The topological polar surface area (TPSA) is 63.7 Å². The van der Waals surface area contributed by atoms with Crippen LogP contribution in [-0.4, -0.2) is 49.9 Å². The third-order valence-corrected chi connectivity index (χ3v) is 5.89. The van der Waals surface area contributed by atoms with Gasteiger partial charge in [0.1, 0.15) is 5.75 Å². The quantitative estimate of drug-likeness (QED) is 0.677. The Morgan fingerprint density at radius 3 is 2.81 bits per heavy atom. The van der Waals surface area contributed by atoms with Crippen molar-refractivity contribution >= 4 is 38.3 Å². The van der Waals surface area contributed by atoms with Crippen molar-refractivity contribution in [2.24, 2.45) is 0 Å². The van der Waals surface area contributed by atoms with Crippen LogP contribution in [0.2, 0.25) is 0 Å². The fraction of sp³-hybridized carbons (Fsp3) is 0.500. The molecule has 1 aromatic rings. The standard InChI is InChI=1S/C14H18INO4S/c1-2-16(12-6-7-21(18,19)10-12)14(17)9-20-13-5-3-4-11(15)8-13/h3-5,8,12H,2,6-7,9-10H2,1H3. The van der Waals surface area contributed by atoms with Crippen molar-refractivity contribution < 1.29 is 17.9 Å². The number of ether oxygens (including phenoxy) is 1. The smallest absolute Gasteiger partial charge is 0.260 e. The average Bonchev–Trinajstić information content (AvgIpc) is 2.77. The molecule has 0 bridgehead atoms. The van der Waals surface area contributed by atoms with Crippen molar-refractivity contribution in [3.05, 3.63) is 27.8 Å². The molecule has 0 spiro atoms. The molecule has 1 unspecified atom stereocenters. The molecule has 1 aromatic carbocycles. The molecule has 1 aliphatic rings. The van der Waals surface area contributed by atoms with Crippen molar-refractivity contribution in [3.8, 4) is 5.75 Å². The van der Waals surface area contributed by atoms with E-state index in [1.165, 1.54) is 0 Å².